The van der Waals surface area contributed by atoms with Crippen LogP contribution in [0, 0.1) is 5.92 Å². The predicted octanol–water partition coefficient (Wildman–Crippen LogP) is 0.202. The second-order valence-corrected chi connectivity index (χ2v) is 3.31. The maximum atomic E-state index is 11.4. The molecule has 0 aliphatic carbocycles. The molecule has 0 aromatic rings. The number of carbonyl (C=O) groups excluding carboxylic acids is 1. The average Bonchev–Trinajstić information content (AvgIpc) is 2.01. The van der Waals surface area contributed by atoms with Crippen LogP contribution in [0.15, 0.2) is 0 Å². The Kier molecular flexibility index (Phi) is 2.49. The molecule has 3 nitrogen and oxygen atoms in total. The van der Waals surface area contributed by atoms with E-state index in [0.717, 1.165) is 12.8 Å². The minimum absolute atomic E-state index is 0.0798. The first-order valence-electron chi connectivity index (χ1n) is 4.13. The van der Waals surface area contributed by atoms with Gasteiger partial charge in [0, 0.05) is 19.6 Å². The van der Waals surface area contributed by atoms with Gasteiger partial charge in [0.2, 0.25) is 5.91 Å². The average molecular weight is 156 g/mol. The fourth-order valence-corrected chi connectivity index (χ4v) is 1.48. The van der Waals surface area contributed by atoms with Crippen LogP contribution in [-0.2, 0) is 4.79 Å². The van der Waals surface area contributed by atoms with Crippen molar-refractivity contribution in [3.8, 4) is 0 Å². The van der Waals surface area contributed by atoms with E-state index in [9.17, 15) is 4.79 Å². The van der Waals surface area contributed by atoms with Gasteiger partial charge in [0.15, 0.2) is 0 Å². The number of piperidine rings is 1. The Bertz CT molecular complexity index is 154. The zero-order valence-electron chi connectivity index (χ0n) is 7.21. The maximum Gasteiger partial charge on any atom is 0.226 e. The zero-order chi connectivity index (χ0) is 8.43. The molecule has 2 atom stereocenters. The predicted molar refractivity (Wildman–Crippen MR) is 44.0 cm³/mol. The molecule has 0 radical (unpaired) electrons. The quantitative estimate of drug-likeness (QED) is 0.589. The number of likely N-dealkylation sites (tertiary alicyclic amines) is 1. The maximum absolute atomic E-state index is 11.4. The molecule has 1 amide bonds. The van der Waals surface area contributed by atoms with Gasteiger partial charge in [-0.2, -0.15) is 0 Å². The minimum atomic E-state index is 0.0798. The van der Waals surface area contributed by atoms with E-state index in [2.05, 4.69) is 6.92 Å². The molecular formula is C8H16N2O. The third-order valence-electron chi connectivity index (χ3n) is 2.58. The van der Waals surface area contributed by atoms with Crippen molar-refractivity contribution in [2.24, 2.45) is 11.7 Å². The summed E-state index contributed by atoms with van der Waals surface area (Å²) in [6.07, 6.45) is 2.05. The van der Waals surface area contributed by atoms with Crippen LogP contribution in [0.5, 0.6) is 0 Å². The van der Waals surface area contributed by atoms with Crippen molar-refractivity contribution in [2.45, 2.75) is 25.8 Å². The molecule has 3 heteroatoms. The van der Waals surface area contributed by atoms with Crippen LogP contribution >= 0.6 is 0 Å². The first-order chi connectivity index (χ1) is 5.16. The van der Waals surface area contributed by atoms with Gasteiger partial charge >= 0.3 is 0 Å². The lowest BCUT2D eigenvalue weighted by molar-refractivity contribution is -0.139. The Morgan fingerprint density at radius 1 is 1.64 bits per heavy atom. The van der Waals surface area contributed by atoms with Crippen molar-refractivity contribution < 1.29 is 4.79 Å². The lowest BCUT2D eigenvalue weighted by atomic mass is 9.93. The van der Waals surface area contributed by atoms with Crippen LogP contribution in [0.4, 0.5) is 0 Å². The lowest BCUT2D eigenvalue weighted by Gasteiger charge is -2.34. The number of nitrogens with zero attached hydrogens (tertiary/aromatic N) is 1. The summed E-state index contributed by atoms with van der Waals surface area (Å²) < 4.78 is 0. The summed E-state index contributed by atoms with van der Waals surface area (Å²) in [6, 6.07) is 0.394. The van der Waals surface area contributed by atoms with Crippen LogP contribution in [0.1, 0.15) is 19.8 Å². The van der Waals surface area contributed by atoms with Gasteiger partial charge in [-0.05, 0) is 19.8 Å². The van der Waals surface area contributed by atoms with E-state index in [1.165, 1.54) is 0 Å². The Hall–Kier alpha value is -0.570. The van der Waals surface area contributed by atoms with Gasteiger partial charge in [0.25, 0.3) is 0 Å². The van der Waals surface area contributed by atoms with Crippen molar-refractivity contribution in [3.05, 3.63) is 0 Å². The second kappa shape index (κ2) is 3.22. The van der Waals surface area contributed by atoms with E-state index in [4.69, 9.17) is 5.73 Å². The highest BCUT2D eigenvalue weighted by molar-refractivity contribution is 5.79. The summed E-state index contributed by atoms with van der Waals surface area (Å²) in [5.74, 6) is 0.294. The lowest BCUT2D eigenvalue weighted by Crippen LogP contribution is -2.46. The zero-order valence-corrected chi connectivity index (χ0v) is 7.21. The minimum Gasteiger partial charge on any atom is -0.343 e. The van der Waals surface area contributed by atoms with Crippen LogP contribution in [0.25, 0.3) is 0 Å². The Morgan fingerprint density at radius 2 is 2.27 bits per heavy atom. The van der Waals surface area contributed by atoms with Crippen LogP contribution in [0.3, 0.4) is 0 Å². The summed E-state index contributed by atoms with van der Waals surface area (Å²) in [4.78, 5) is 13.2. The SMILES string of the molecule is C[C@@H]1CC[C@@H](CN)C(=O)N1C. The van der Waals surface area contributed by atoms with Gasteiger partial charge in [0.05, 0.1) is 5.92 Å². The monoisotopic (exact) mass is 156 g/mol. The third kappa shape index (κ3) is 1.53. The number of carbonyl (C=O) groups is 1. The normalized spacial score (nSPS) is 32.6. The largest absolute Gasteiger partial charge is 0.343 e. The smallest absolute Gasteiger partial charge is 0.226 e. The van der Waals surface area contributed by atoms with E-state index in [1.807, 2.05) is 7.05 Å². The van der Waals surface area contributed by atoms with E-state index in [1.54, 1.807) is 4.90 Å². The van der Waals surface area contributed by atoms with Gasteiger partial charge < -0.3 is 10.6 Å². The molecule has 0 aromatic heterocycles. The fraction of sp³-hybridized carbons (Fsp3) is 0.875. The van der Waals surface area contributed by atoms with Gasteiger partial charge in [-0.15, -0.1) is 0 Å². The molecule has 2 N–H and O–H groups in total. The van der Waals surface area contributed by atoms with Crippen molar-refractivity contribution in [1.29, 1.82) is 0 Å². The summed E-state index contributed by atoms with van der Waals surface area (Å²) in [5.41, 5.74) is 5.45. The molecule has 1 rings (SSSR count). The third-order valence-corrected chi connectivity index (χ3v) is 2.58. The first kappa shape index (κ1) is 8.53. The second-order valence-electron chi connectivity index (χ2n) is 3.31. The highest BCUT2D eigenvalue weighted by Gasteiger charge is 2.29. The van der Waals surface area contributed by atoms with E-state index < -0.39 is 0 Å². The van der Waals surface area contributed by atoms with Crippen molar-refractivity contribution >= 4 is 5.91 Å². The molecule has 1 heterocycles. The molecule has 0 bridgehead atoms. The fourth-order valence-electron chi connectivity index (χ4n) is 1.48. The first-order valence-corrected chi connectivity index (χ1v) is 4.13. The Labute approximate surface area is 67.5 Å². The number of hydrogen-bond donors (Lipinski definition) is 1. The van der Waals surface area contributed by atoms with E-state index >= 15 is 0 Å². The molecule has 0 spiro atoms. The number of nitrogens with two attached hydrogens (primary N) is 1. The standard InChI is InChI=1S/C8H16N2O/c1-6-3-4-7(5-9)8(11)10(6)2/h6-7H,3-5,9H2,1-2H3/t6-,7+/m1/s1. The molecule has 0 saturated carbocycles. The van der Waals surface area contributed by atoms with E-state index in [-0.39, 0.29) is 11.8 Å². The van der Waals surface area contributed by atoms with Gasteiger partial charge in [-0.25, -0.2) is 0 Å². The molecule has 1 aliphatic heterocycles. The molecule has 0 unspecified atom stereocenters. The molecule has 1 saturated heterocycles. The molecular weight excluding hydrogens is 140 g/mol. The van der Waals surface area contributed by atoms with Crippen molar-refractivity contribution in [3.63, 3.8) is 0 Å². The van der Waals surface area contributed by atoms with Gasteiger partial charge in [-0.1, -0.05) is 0 Å². The topological polar surface area (TPSA) is 46.3 Å². The number of hydrogen-bond acceptors (Lipinski definition) is 2. The van der Waals surface area contributed by atoms with Crippen LogP contribution in [0.2, 0.25) is 0 Å². The summed E-state index contributed by atoms with van der Waals surface area (Å²) in [7, 11) is 1.86. The summed E-state index contributed by atoms with van der Waals surface area (Å²) in [5, 5.41) is 0. The highest BCUT2D eigenvalue weighted by atomic mass is 16.2. The Balaban J connectivity index is 2.59. The number of amides is 1. The molecule has 1 fully saturated rings. The van der Waals surface area contributed by atoms with Crippen LogP contribution < -0.4 is 5.73 Å². The van der Waals surface area contributed by atoms with E-state index in [0.29, 0.717) is 12.6 Å². The highest BCUT2D eigenvalue weighted by Crippen LogP contribution is 2.20. The molecule has 11 heavy (non-hydrogen) atoms. The van der Waals surface area contributed by atoms with Crippen molar-refractivity contribution in [2.75, 3.05) is 13.6 Å². The summed E-state index contributed by atoms with van der Waals surface area (Å²) >= 11 is 0. The van der Waals surface area contributed by atoms with Crippen molar-refractivity contribution in [1.82, 2.24) is 4.90 Å². The van der Waals surface area contributed by atoms with Gasteiger partial charge in [0.1, 0.15) is 0 Å². The molecule has 1 aliphatic rings. The summed E-state index contributed by atoms with van der Waals surface area (Å²) in [6.45, 7) is 2.57. The Morgan fingerprint density at radius 3 is 2.82 bits per heavy atom. The van der Waals surface area contributed by atoms with Crippen LogP contribution in [-0.4, -0.2) is 30.4 Å². The van der Waals surface area contributed by atoms with Gasteiger partial charge in [-0.3, -0.25) is 4.79 Å². The molecule has 0 aromatic carbocycles. The molecule has 64 valence electrons. The number of rotatable bonds is 1.